The second kappa shape index (κ2) is 7.59. The quantitative estimate of drug-likeness (QED) is 0.852. The number of carbonyl (C=O) groups is 1. The topological polar surface area (TPSA) is 99.4 Å². The van der Waals surface area contributed by atoms with Crippen LogP contribution in [0.5, 0.6) is 11.5 Å². The van der Waals surface area contributed by atoms with Crippen molar-refractivity contribution in [2.75, 3.05) is 18.9 Å². The van der Waals surface area contributed by atoms with E-state index in [-0.39, 0.29) is 17.9 Å². The molecular formula is C19H24N4O3. The zero-order valence-corrected chi connectivity index (χ0v) is 15.3. The van der Waals surface area contributed by atoms with Crippen LogP contribution >= 0.6 is 0 Å². The Bertz CT molecular complexity index is 799. The summed E-state index contributed by atoms with van der Waals surface area (Å²) in [6.07, 6.45) is 0.946. The number of nitrogens with zero attached hydrogens (tertiary/aromatic N) is 2. The van der Waals surface area contributed by atoms with Crippen LogP contribution in [0.15, 0.2) is 18.2 Å². The molecule has 7 nitrogen and oxygen atoms in total. The molecule has 0 saturated heterocycles. The first-order valence-electron chi connectivity index (χ1n) is 8.72. The Kier molecular flexibility index (Phi) is 5.25. The summed E-state index contributed by atoms with van der Waals surface area (Å²) in [4.78, 5) is 20.7. The molecule has 1 aromatic heterocycles. The highest BCUT2D eigenvalue weighted by molar-refractivity contribution is 5.76. The largest absolute Gasteiger partial charge is 0.486 e. The van der Waals surface area contributed by atoms with E-state index in [1.165, 1.54) is 0 Å². The minimum absolute atomic E-state index is 0.0250. The van der Waals surface area contributed by atoms with Crippen molar-refractivity contribution in [3.8, 4) is 11.5 Å². The molecule has 0 fully saturated rings. The third-order valence-corrected chi connectivity index (χ3v) is 4.48. The average molecular weight is 356 g/mol. The molecule has 1 atom stereocenters. The van der Waals surface area contributed by atoms with E-state index in [0.29, 0.717) is 26.1 Å². The monoisotopic (exact) mass is 356 g/mol. The second-order valence-electron chi connectivity index (χ2n) is 6.42. The SMILES string of the molecule is Cc1nc(N)nc(C)c1CCC(=O)N[C@H](C)c1ccc2c(c1)OCCO2. The van der Waals surface area contributed by atoms with Crippen LogP contribution in [0.3, 0.4) is 0 Å². The van der Waals surface area contributed by atoms with Crippen LogP contribution in [-0.4, -0.2) is 29.1 Å². The number of hydrogen-bond acceptors (Lipinski definition) is 6. The van der Waals surface area contributed by atoms with Gasteiger partial charge in [-0.1, -0.05) is 6.07 Å². The van der Waals surface area contributed by atoms with Gasteiger partial charge in [-0.15, -0.1) is 0 Å². The summed E-state index contributed by atoms with van der Waals surface area (Å²) in [5, 5.41) is 3.02. The Labute approximate surface area is 152 Å². The third kappa shape index (κ3) is 4.04. The molecule has 138 valence electrons. The number of amides is 1. The molecule has 1 aliphatic heterocycles. The maximum absolute atomic E-state index is 12.3. The summed E-state index contributed by atoms with van der Waals surface area (Å²) < 4.78 is 11.1. The molecule has 2 heterocycles. The maximum Gasteiger partial charge on any atom is 0.220 e. The van der Waals surface area contributed by atoms with Gasteiger partial charge in [-0.2, -0.15) is 0 Å². The Hall–Kier alpha value is -2.83. The number of anilines is 1. The van der Waals surface area contributed by atoms with Gasteiger partial charge in [0.05, 0.1) is 6.04 Å². The number of fused-ring (bicyclic) bond motifs is 1. The molecule has 3 N–H and O–H groups in total. The first-order valence-corrected chi connectivity index (χ1v) is 8.72. The van der Waals surface area contributed by atoms with Crippen molar-refractivity contribution in [1.82, 2.24) is 15.3 Å². The van der Waals surface area contributed by atoms with Crippen molar-refractivity contribution in [2.45, 2.75) is 39.7 Å². The highest BCUT2D eigenvalue weighted by Gasteiger charge is 2.16. The van der Waals surface area contributed by atoms with E-state index in [4.69, 9.17) is 15.2 Å². The van der Waals surface area contributed by atoms with Gasteiger partial charge in [0.2, 0.25) is 11.9 Å². The van der Waals surface area contributed by atoms with Crippen LogP contribution in [0.2, 0.25) is 0 Å². The lowest BCUT2D eigenvalue weighted by Gasteiger charge is -2.21. The number of hydrogen-bond donors (Lipinski definition) is 2. The van der Waals surface area contributed by atoms with Crippen molar-refractivity contribution in [3.05, 3.63) is 40.7 Å². The number of nitrogens with two attached hydrogens (primary N) is 1. The Morgan fingerprint density at radius 2 is 1.85 bits per heavy atom. The molecule has 0 aliphatic carbocycles. The number of nitrogens with one attached hydrogen (secondary N) is 1. The molecule has 2 aromatic rings. The molecule has 0 saturated carbocycles. The molecule has 3 rings (SSSR count). The smallest absolute Gasteiger partial charge is 0.220 e. The zero-order valence-electron chi connectivity index (χ0n) is 15.3. The minimum atomic E-state index is -0.122. The number of rotatable bonds is 5. The fourth-order valence-corrected chi connectivity index (χ4v) is 3.09. The van der Waals surface area contributed by atoms with E-state index in [0.717, 1.165) is 34.0 Å². The summed E-state index contributed by atoms with van der Waals surface area (Å²) in [6, 6.07) is 5.62. The number of aryl methyl sites for hydroxylation is 2. The van der Waals surface area contributed by atoms with E-state index in [1.54, 1.807) is 0 Å². The fraction of sp³-hybridized carbons (Fsp3) is 0.421. The van der Waals surface area contributed by atoms with E-state index in [9.17, 15) is 4.79 Å². The van der Waals surface area contributed by atoms with Crippen molar-refractivity contribution < 1.29 is 14.3 Å². The maximum atomic E-state index is 12.3. The molecule has 7 heteroatoms. The number of benzene rings is 1. The Morgan fingerprint density at radius 1 is 1.19 bits per heavy atom. The molecular weight excluding hydrogens is 332 g/mol. The lowest BCUT2D eigenvalue weighted by atomic mass is 10.0. The first-order chi connectivity index (χ1) is 12.4. The van der Waals surface area contributed by atoms with Crippen LogP contribution < -0.4 is 20.5 Å². The van der Waals surface area contributed by atoms with E-state index >= 15 is 0 Å². The highest BCUT2D eigenvalue weighted by Crippen LogP contribution is 2.32. The Balaban J connectivity index is 1.60. The van der Waals surface area contributed by atoms with Gasteiger partial charge < -0.3 is 20.5 Å². The van der Waals surface area contributed by atoms with Crippen molar-refractivity contribution >= 4 is 11.9 Å². The highest BCUT2D eigenvalue weighted by atomic mass is 16.6. The fourth-order valence-electron chi connectivity index (χ4n) is 3.09. The number of ether oxygens (including phenoxy) is 2. The van der Waals surface area contributed by atoms with E-state index in [1.807, 2.05) is 39.0 Å². The van der Waals surface area contributed by atoms with E-state index in [2.05, 4.69) is 15.3 Å². The van der Waals surface area contributed by atoms with Gasteiger partial charge in [0.15, 0.2) is 11.5 Å². The Morgan fingerprint density at radius 3 is 2.54 bits per heavy atom. The predicted molar refractivity (Wildman–Crippen MR) is 98.2 cm³/mol. The number of carbonyl (C=O) groups excluding carboxylic acids is 1. The average Bonchev–Trinajstić information content (AvgIpc) is 2.60. The number of nitrogen functional groups attached to an aromatic ring is 1. The molecule has 0 unspecified atom stereocenters. The third-order valence-electron chi connectivity index (χ3n) is 4.48. The molecule has 0 spiro atoms. The molecule has 1 aromatic carbocycles. The molecule has 1 aliphatic rings. The summed E-state index contributed by atoms with van der Waals surface area (Å²) in [5.41, 5.74) is 9.24. The second-order valence-corrected chi connectivity index (χ2v) is 6.42. The van der Waals surface area contributed by atoms with Crippen LogP contribution in [-0.2, 0) is 11.2 Å². The van der Waals surface area contributed by atoms with Gasteiger partial charge in [0.1, 0.15) is 13.2 Å². The molecule has 0 bridgehead atoms. The first kappa shape index (κ1) is 18.0. The lowest BCUT2D eigenvalue weighted by molar-refractivity contribution is -0.121. The van der Waals surface area contributed by atoms with Gasteiger partial charge in [0, 0.05) is 17.8 Å². The summed E-state index contributed by atoms with van der Waals surface area (Å²) >= 11 is 0. The standard InChI is InChI=1S/C19H24N4O3/c1-11(14-4-6-16-17(10-14)26-9-8-25-16)21-18(24)7-5-15-12(2)22-19(20)23-13(15)3/h4,6,10-11H,5,7-9H2,1-3H3,(H,21,24)(H2,20,22,23)/t11-/m1/s1. The van der Waals surface area contributed by atoms with Gasteiger partial charge in [-0.3, -0.25) is 4.79 Å². The van der Waals surface area contributed by atoms with E-state index < -0.39 is 0 Å². The van der Waals surface area contributed by atoms with Crippen LogP contribution in [0.1, 0.15) is 41.9 Å². The van der Waals surface area contributed by atoms with Gasteiger partial charge in [-0.25, -0.2) is 9.97 Å². The lowest BCUT2D eigenvalue weighted by Crippen LogP contribution is -2.27. The minimum Gasteiger partial charge on any atom is -0.486 e. The van der Waals surface area contributed by atoms with Crippen molar-refractivity contribution in [2.24, 2.45) is 0 Å². The summed E-state index contributed by atoms with van der Waals surface area (Å²) in [6.45, 7) is 6.82. The predicted octanol–water partition coefficient (Wildman–Crippen LogP) is 2.26. The van der Waals surface area contributed by atoms with Crippen LogP contribution in [0, 0.1) is 13.8 Å². The van der Waals surface area contributed by atoms with Crippen molar-refractivity contribution in [1.29, 1.82) is 0 Å². The van der Waals surface area contributed by atoms with Gasteiger partial charge >= 0.3 is 0 Å². The van der Waals surface area contributed by atoms with Crippen LogP contribution in [0.25, 0.3) is 0 Å². The molecule has 26 heavy (non-hydrogen) atoms. The normalized spacial score (nSPS) is 14.0. The van der Waals surface area contributed by atoms with Crippen LogP contribution in [0.4, 0.5) is 5.95 Å². The summed E-state index contributed by atoms with van der Waals surface area (Å²) in [5.74, 6) is 1.70. The van der Waals surface area contributed by atoms with Gasteiger partial charge in [0.25, 0.3) is 0 Å². The van der Waals surface area contributed by atoms with Gasteiger partial charge in [-0.05, 0) is 50.5 Å². The molecule has 0 radical (unpaired) electrons. The number of aromatic nitrogens is 2. The van der Waals surface area contributed by atoms with Crippen molar-refractivity contribution in [3.63, 3.8) is 0 Å². The molecule has 1 amide bonds. The summed E-state index contributed by atoms with van der Waals surface area (Å²) in [7, 11) is 0. The zero-order chi connectivity index (χ0) is 18.7.